The monoisotopic (exact) mass is 333 g/mol. The zero-order chi connectivity index (χ0) is 16.2. The second-order valence-corrected chi connectivity index (χ2v) is 7.18. The van der Waals surface area contributed by atoms with Gasteiger partial charge in [0.1, 0.15) is 0 Å². The molecule has 0 heterocycles. The quantitative estimate of drug-likeness (QED) is 0.769. The summed E-state index contributed by atoms with van der Waals surface area (Å²) in [6.45, 7) is 3.86. The lowest BCUT2D eigenvalue weighted by Gasteiger charge is -2.18. The van der Waals surface area contributed by atoms with Crippen LogP contribution in [0.2, 0.25) is 5.02 Å². The summed E-state index contributed by atoms with van der Waals surface area (Å²) in [5.41, 5.74) is 6.45. The Morgan fingerprint density at radius 3 is 2.57 bits per heavy atom. The van der Waals surface area contributed by atoms with Gasteiger partial charge in [-0.05, 0) is 31.0 Å². The fourth-order valence-electron chi connectivity index (χ4n) is 1.70. The Labute approximate surface area is 130 Å². The van der Waals surface area contributed by atoms with Gasteiger partial charge in [-0.2, -0.15) is 4.31 Å². The molecule has 0 saturated heterocycles. The molecule has 6 nitrogen and oxygen atoms in total. The smallest absolute Gasteiger partial charge is 0.243 e. The van der Waals surface area contributed by atoms with E-state index in [1.807, 2.05) is 6.92 Å². The molecule has 21 heavy (non-hydrogen) atoms. The van der Waals surface area contributed by atoms with E-state index in [4.69, 9.17) is 17.3 Å². The zero-order valence-electron chi connectivity index (χ0n) is 12.3. The molecular weight excluding hydrogens is 314 g/mol. The minimum atomic E-state index is -3.79. The Kier molecular flexibility index (Phi) is 6.00. The second kappa shape index (κ2) is 7.11. The molecule has 0 atom stereocenters. The van der Waals surface area contributed by atoms with Crippen molar-refractivity contribution >= 4 is 33.2 Å². The number of nitrogen functional groups attached to an aromatic ring is 1. The predicted molar refractivity (Wildman–Crippen MR) is 83.7 cm³/mol. The number of carbonyl (C=O) groups excluding carboxylic acids is 1. The van der Waals surface area contributed by atoms with E-state index in [-0.39, 0.29) is 23.0 Å². The molecule has 0 unspecified atom stereocenters. The number of anilines is 1. The van der Waals surface area contributed by atoms with Crippen LogP contribution in [0.4, 0.5) is 5.69 Å². The van der Waals surface area contributed by atoms with E-state index in [0.29, 0.717) is 17.1 Å². The molecule has 3 N–H and O–H groups in total. The molecule has 8 heteroatoms. The molecule has 1 rings (SSSR count). The molecule has 0 spiro atoms. The lowest BCUT2D eigenvalue weighted by atomic mass is 10.2. The van der Waals surface area contributed by atoms with Crippen LogP contribution in [0.15, 0.2) is 17.0 Å². The minimum absolute atomic E-state index is 0.0210. The number of likely N-dealkylation sites (N-methyl/N-ethyl adjacent to an activating group) is 1. The molecule has 1 amide bonds. The molecule has 0 aliphatic heterocycles. The Morgan fingerprint density at radius 1 is 1.43 bits per heavy atom. The first-order valence-electron chi connectivity index (χ1n) is 6.48. The van der Waals surface area contributed by atoms with E-state index in [9.17, 15) is 13.2 Å². The van der Waals surface area contributed by atoms with Crippen molar-refractivity contribution in [1.29, 1.82) is 0 Å². The molecule has 0 saturated carbocycles. The third kappa shape index (κ3) is 4.33. The van der Waals surface area contributed by atoms with Crippen LogP contribution < -0.4 is 11.1 Å². The lowest BCUT2D eigenvalue weighted by Crippen LogP contribution is -2.38. The van der Waals surface area contributed by atoms with Crippen molar-refractivity contribution in [2.75, 3.05) is 25.9 Å². The van der Waals surface area contributed by atoms with Gasteiger partial charge in [-0.1, -0.05) is 18.5 Å². The summed E-state index contributed by atoms with van der Waals surface area (Å²) < 4.78 is 25.8. The van der Waals surface area contributed by atoms with Crippen molar-refractivity contribution < 1.29 is 13.2 Å². The lowest BCUT2D eigenvalue weighted by molar-refractivity contribution is -0.121. The van der Waals surface area contributed by atoms with Gasteiger partial charge in [0, 0.05) is 13.6 Å². The van der Waals surface area contributed by atoms with Crippen LogP contribution in [0.3, 0.4) is 0 Å². The first-order chi connectivity index (χ1) is 9.70. The summed E-state index contributed by atoms with van der Waals surface area (Å²) in [4.78, 5) is 11.6. The van der Waals surface area contributed by atoms with Gasteiger partial charge in [0.25, 0.3) is 0 Å². The van der Waals surface area contributed by atoms with E-state index in [0.717, 1.165) is 10.7 Å². The van der Waals surface area contributed by atoms with Gasteiger partial charge in [-0.25, -0.2) is 8.42 Å². The summed E-state index contributed by atoms with van der Waals surface area (Å²) in [6.07, 6.45) is 0.787. The Morgan fingerprint density at radius 2 is 2.05 bits per heavy atom. The number of aryl methyl sites for hydroxylation is 1. The molecule has 0 radical (unpaired) electrons. The van der Waals surface area contributed by atoms with Crippen molar-refractivity contribution in [3.8, 4) is 0 Å². The summed E-state index contributed by atoms with van der Waals surface area (Å²) in [6, 6.07) is 2.74. The van der Waals surface area contributed by atoms with Gasteiger partial charge in [0.05, 0.1) is 22.2 Å². The van der Waals surface area contributed by atoms with E-state index in [2.05, 4.69) is 5.32 Å². The van der Waals surface area contributed by atoms with E-state index in [1.54, 1.807) is 6.92 Å². The highest BCUT2D eigenvalue weighted by Gasteiger charge is 2.24. The standard InChI is InChI=1S/C13H20ClN3O3S/c1-4-5-16-12(18)8-17(3)21(19,20)10-6-9(2)13(14)11(15)7-10/h6-7H,4-5,8,15H2,1-3H3,(H,16,18). The number of hydrogen-bond donors (Lipinski definition) is 2. The number of nitrogens with two attached hydrogens (primary N) is 1. The summed E-state index contributed by atoms with van der Waals surface area (Å²) >= 11 is 5.92. The topological polar surface area (TPSA) is 92.5 Å². The van der Waals surface area contributed by atoms with Crippen molar-refractivity contribution in [2.24, 2.45) is 0 Å². The number of hydrogen-bond acceptors (Lipinski definition) is 4. The van der Waals surface area contributed by atoms with Crippen LogP contribution in [0.5, 0.6) is 0 Å². The fraction of sp³-hybridized carbons (Fsp3) is 0.462. The van der Waals surface area contributed by atoms with Crippen LogP contribution in [0.25, 0.3) is 0 Å². The van der Waals surface area contributed by atoms with E-state index >= 15 is 0 Å². The molecular formula is C13H20ClN3O3S. The van der Waals surface area contributed by atoms with Crippen LogP contribution >= 0.6 is 11.6 Å². The molecule has 1 aromatic carbocycles. The second-order valence-electron chi connectivity index (χ2n) is 4.75. The highest BCUT2D eigenvalue weighted by Crippen LogP contribution is 2.27. The van der Waals surface area contributed by atoms with E-state index in [1.165, 1.54) is 19.2 Å². The molecule has 1 aromatic rings. The maximum absolute atomic E-state index is 12.4. The van der Waals surface area contributed by atoms with Crippen LogP contribution in [-0.2, 0) is 14.8 Å². The molecule has 0 aliphatic rings. The number of nitrogens with zero attached hydrogens (tertiary/aromatic N) is 1. The van der Waals surface area contributed by atoms with Crippen LogP contribution in [-0.4, -0.2) is 38.8 Å². The number of nitrogens with one attached hydrogen (secondary N) is 1. The molecule has 118 valence electrons. The highest BCUT2D eigenvalue weighted by atomic mass is 35.5. The number of halogens is 1. The summed E-state index contributed by atoms with van der Waals surface area (Å²) in [5, 5.41) is 2.96. The van der Waals surface area contributed by atoms with Gasteiger partial charge in [0.2, 0.25) is 15.9 Å². The maximum atomic E-state index is 12.4. The maximum Gasteiger partial charge on any atom is 0.243 e. The van der Waals surface area contributed by atoms with Gasteiger partial charge in [-0.3, -0.25) is 4.79 Å². The molecule has 0 bridgehead atoms. The third-order valence-corrected chi connectivity index (χ3v) is 5.20. The van der Waals surface area contributed by atoms with Gasteiger partial charge in [0.15, 0.2) is 0 Å². The van der Waals surface area contributed by atoms with E-state index < -0.39 is 10.0 Å². The summed E-state index contributed by atoms with van der Waals surface area (Å²) in [7, 11) is -2.44. The SMILES string of the molecule is CCCNC(=O)CN(C)S(=O)(=O)c1cc(C)c(Cl)c(N)c1. The van der Waals surface area contributed by atoms with Crippen molar-refractivity contribution in [3.63, 3.8) is 0 Å². The molecule has 0 aromatic heterocycles. The number of benzene rings is 1. The van der Waals surface area contributed by atoms with Gasteiger partial charge in [-0.15, -0.1) is 0 Å². The normalized spacial score (nSPS) is 11.7. The molecule has 0 fully saturated rings. The summed E-state index contributed by atoms with van der Waals surface area (Å²) in [5.74, 6) is -0.346. The Balaban J connectivity index is 2.97. The zero-order valence-corrected chi connectivity index (χ0v) is 13.9. The third-order valence-electron chi connectivity index (χ3n) is 2.90. The van der Waals surface area contributed by atoms with Crippen LogP contribution in [0.1, 0.15) is 18.9 Å². The first-order valence-corrected chi connectivity index (χ1v) is 8.30. The Hall–Kier alpha value is -1.31. The average Bonchev–Trinajstić information content (AvgIpc) is 2.41. The molecule has 0 aliphatic carbocycles. The van der Waals surface area contributed by atoms with Gasteiger partial charge >= 0.3 is 0 Å². The van der Waals surface area contributed by atoms with Crippen molar-refractivity contribution in [3.05, 3.63) is 22.7 Å². The van der Waals surface area contributed by atoms with Crippen molar-refractivity contribution in [1.82, 2.24) is 9.62 Å². The number of rotatable bonds is 6. The minimum Gasteiger partial charge on any atom is -0.397 e. The first kappa shape index (κ1) is 17.7. The largest absolute Gasteiger partial charge is 0.397 e. The highest BCUT2D eigenvalue weighted by molar-refractivity contribution is 7.89. The Bertz CT molecular complexity index is 609. The number of carbonyl (C=O) groups is 1. The number of sulfonamides is 1. The number of amides is 1. The predicted octanol–water partition coefficient (Wildman–Crippen LogP) is 1.38. The van der Waals surface area contributed by atoms with Crippen molar-refractivity contribution in [2.45, 2.75) is 25.2 Å². The van der Waals surface area contributed by atoms with Gasteiger partial charge < -0.3 is 11.1 Å². The fourth-order valence-corrected chi connectivity index (χ4v) is 3.06. The van der Waals surface area contributed by atoms with Crippen LogP contribution in [0, 0.1) is 6.92 Å². The average molecular weight is 334 g/mol.